The van der Waals surface area contributed by atoms with Crippen molar-refractivity contribution in [1.82, 2.24) is 0 Å². The highest BCUT2D eigenvalue weighted by Crippen LogP contribution is 2.69. The van der Waals surface area contributed by atoms with E-state index in [0.29, 0.717) is 30.6 Å². The Labute approximate surface area is 168 Å². The van der Waals surface area contributed by atoms with E-state index in [4.69, 9.17) is 9.47 Å². The molecule has 0 bridgehead atoms. The maximum Gasteiger partial charge on any atom is 0.323 e. The fourth-order valence-electron chi connectivity index (χ4n) is 7.22. The predicted molar refractivity (Wildman–Crippen MR) is 106 cm³/mol. The molecule has 158 valence electrons. The van der Waals surface area contributed by atoms with E-state index in [1.54, 1.807) is 0 Å². The van der Waals surface area contributed by atoms with Crippen LogP contribution in [0.2, 0.25) is 0 Å². The lowest BCUT2D eigenvalue weighted by molar-refractivity contribution is -0.169. The van der Waals surface area contributed by atoms with Crippen molar-refractivity contribution < 1.29 is 24.2 Å². The summed E-state index contributed by atoms with van der Waals surface area (Å²) >= 11 is 0. The number of carbonyl (C=O) groups is 2. The monoisotopic (exact) mass is 392 g/mol. The number of rotatable bonds is 5. The van der Waals surface area contributed by atoms with Crippen LogP contribution in [-0.2, 0) is 19.1 Å². The van der Waals surface area contributed by atoms with Crippen LogP contribution in [0.1, 0.15) is 59.3 Å². The molecular formula is C23H36O5. The van der Waals surface area contributed by atoms with Crippen molar-refractivity contribution in [2.24, 2.45) is 39.9 Å². The minimum absolute atomic E-state index is 0.0138. The highest BCUT2D eigenvalue weighted by Gasteiger charge is 2.68. The van der Waals surface area contributed by atoms with E-state index in [-0.39, 0.29) is 23.4 Å². The van der Waals surface area contributed by atoms with Crippen LogP contribution in [-0.4, -0.2) is 37.9 Å². The minimum atomic E-state index is -1.23. The summed E-state index contributed by atoms with van der Waals surface area (Å²) in [5.41, 5.74) is -1.49. The zero-order valence-electron chi connectivity index (χ0n) is 18.0. The van der Waals surface area contributed by atoms with Gasteiger partial charge in [0.1, 0.15) is 0 Å². The Bertz CT molecular complexity index is 639. The predicted octanol–water partition coefficient (Wildman–Crippen LogP) is 3.75. The van der Waals surface area contributed by atoms with Gasteiger partial charge in [0, 0.05) is 6.61 Å². The molecule has 6 atom stereocenters. The first-order valence-corrected chi connectivity index (χ1v) is 10.7. The van der Waals surface area contributed by atoms with Gasteiger partial charge >= 0.3 is 11.9 Å². The van der Waals surface area contributed by atoms with Crippen molar-refractivity contribution in [3.05, 3.63) is 12.2 Å². The molecule has 3 aliphatic carbocycles. The fourth-order valence-corrected chi connectivity index (χ4v) is 7.22. The molecule has 0 aromatic rings. The topological polar surface area (TPSA) is 72.8 Å². The lowest BCUT2D eigenvalue weighted by Crippen LogP contribution is -2.52. The molecule has 3 rings (SSSR count). The van der Waals surface area contributed by atoms with Gasteiger partial charge in [0.2, 0.25) is 0 Å². The zero-order chi connectivity index (χ0) is 20.7. The number of hydrogen-bond acceptors (Lipinski definition) is 5. The van der Waals surface area contributed by atoms with E-state index in [2.05, 4.69) is 32.9 Å². The van der Waals surface area contributed by atoms with Crippen molar-refractivity contribution in [1.29, 1.82) is 0 Å². The lowest BCUT2D eigenvalue weighted by Gasteiger charge is -2.59. The van der Waals surface area contributed by atoms with Crippen molar-refractivity contribution in [2.75, 3.05) is 20.8 Å². The summed E-state index contributed by atoms with van der Waals surface area (Å²) in [5, 5.41) is 9.46. The molecule has 0 aliphatic heterocycles. The molecule has 2 fully saturated rings. The van der Waals surface area contributed by atoms with Crippen LogP contribution in [0.4, 0.5) is 0 Å². The molecule has 0 heterocycles. The average molecular weight is 393 g/mol. The van der Waals surface area contributed by atoms with E-state index < -0.39 is 17.4 Å². The summed E-state index contributed by atoms with van der Waals surface area (Å²) in [6.07, 6.45) is 9.61. The van der Waals surface area contributed by atoms with Crippen LogP contribution < -0.4 is 0 Å². The molecule has 0 aromatic heterocycles. The van der Waals surface area contributed by atoms with Crippen molar-refractivity contribution in [2.45, 2.75) is 59.3 Å². The quantitative estimate of drug-likeness (QED) is 0.438. The first-order valence-electron chi connectivity index (χ1n) is 10.7. The van der Waals surface area contributed by atoms with Crippen molar-refractivity contribution >= 4 is 11.9 Å². The summed E-state index contributed by atoms with van der Waals surface area (Å²) < 4.78 is 10.2. The van der Waals surface area contributed by atoms with Gasteiger partial charge in [0.25, 0.3) is 0 Å². The van der Waals surface area contributed by atoms with E-state index in [1.807, 2.05) is 0 Å². The second-order valence-electron chi connectivity index (χ2n) is 9.86. The van der Waals surface area contributed by atoms with Gasteiger partial charge in [0.15, 0.2) is 5.41 Å². The van der Waals surface area contributed by atoms with Crippen molar-refractivity contribution in [3.8, 4) is 0 Å². The molecule has 0 aromatic carbocycles. The van der Waals surface area contributed by atoms with Gasteiger partial charge in [-0.2, -0.15) is 0 Å². The van der Waals surface area contributed by atoms with E-state index in [9.17, 15) is 14.7 Å². The Kier molecular flexibility index (Phi) is 5.70. The number of aliphatic hydroxyl groups is 1. The summed E-state index contributed by atoms with van der Waals surface area (Å²) in [7, 11) is 2.70. The number of carbonyl (C=O) groups excluding carboxylic acids is 2. The molecule has 0 unspecified atom stereocenters. The molecule has 0 spiro atoms. The number of ether oxygens (including phenoxy) is 2. The van der Waals surface area contributed by atoms with E-state index in [1.165, 1.54) is 20.6 Å². The molecule has 0 radical (unpaired) electrons. The molecule has 1 N–H and O–H groups in total. The third kappa shape index (κ3) is 2.92. The Hall–Kier alpha value is -1.36. The average Bonchev–Trinajstić information content (AvgIpc) is 3.02. The number of methoxy groups -OCH3 is 2. The number of fused-ring (bicyclic) bond motifs is 3. The van der Waals surface area contributed by atoms with Crippen LogP contribution in [0.15, 0.2) is 12.2 Å². The maximum absolute atomic E-state index is 12.8. The maximum atomic E-state index is 12.8. The van der Waals surface area contributed by atoms with E-state index in [0.717, 1.165) is 19.3 Å². The van der Waals surface area contributed by atoms with Crippen LogP contribution in [0.5, 0.6) is 0 Å². The summed E-state index contributed by atoms with van der Waals surface area (Å²) in [6.45, 7) is 7.08. The molecule has 5 heteroatoms. The third-order valence-corrected chi connectivity index (χ3v) is 8.53. The summed E-state index contributed by atoms with van der Waals surface area (Å²) in [6, 6.07) is 0. The molecule has 3 aliphatic rings. The summed E-state index contributed by atoms with van der Waals surface area (Å²) in [5.74, 6) is 0.711. The first-order chi connectivity index (χ1) is 13.2. The molecule has 28 heavy (non-hydrogen) atoms. The largest absolute Gasteiger partial charge is 0.468 e. The smallest absolute Gasteiger partial charge is 0.323 e. The zero-order valence-corrected chi connectivity index (χ0v) is 18.0. The number of hydrogen-bond donors (Lipinski definition) is 1. The highest BCUT2D eigenvalue weighted by atomic mass is 16.5. The van der Waals surface area contributed by atoms with Gasteiger partial charge in [-0.05, 0) is 73.0 Å². The Morgan fingerprint density at radius 1 is 1.14 bits per heavy atom. The first kappa shape index (κ1) is 21.4. The molecular weight excluding hydrogens is 356 g/mol. The minimum Gasteiger partial charge on any atom is -0.468 e. The molecule has 5 nitrogen and oxygen atoms in total. The molecule has 0 saturated heterocycles. The lowest BCUT2D eigenvalue weighted by atomic mass is 9.46. The van der Waals surface area contributed by atoms with Gasteiger partial charge in [-0.15, -0.1) is 0 Å². The van der Waals surface area contributed by atoms with Gasteiger partial charge < -0.3 is 14.6 Å². The van der Waals surface area contributed by atoms with Gasteiger partial charge in [-0.3, -0.25) is 9.59 Å². The normalized spacial score (nSPS) is 41.1. The Morgan fingerprint density at radius 2 is 1.79 bits per heavy atom. The van der Waals surface area contributed by atoms with Crippen LogP contribution in [0.25, 0.3) is 0 Å². The van der Waals surface area contributed by atoms with E-state index >= 15 is 0 Å². The molecule has 0 amide bonds. The van der Waals surface area contributed by atoms with Gasteiger partial charge in [-0.1, -0.05) is 32.9 Å². The van der Waals surface area contributed by atoms with Crippen LogP contribution in [0, 0.1) is 39.9 Å². The number of esters is 2. The van der Waals surface area contributed by atoms with Crippen molar-refractivity contribution in [3.63, 3.8) is 0 Å². The fraction of sp³-hybridized carbons (Fsp3) is 0.826. The standard InChI is InChI=1S/C23H36O5/c1-15-8-9-16-10-11-21(2)14-23(19(25)27-4,20(26)28-5)13-18(21)22(16,3)17(15)7-6-12-24/h10-11,15-18,24H,6-9,12-14H2,1-5H3/t15-,16+,17+,18+,21-,22+/m0/s1. The summed E-state index contributed by atoms with van der Waals surface area (Å²) in [4.78, 5) is 25.6. The second-order valence-corrected chi connectivity index (χ2v) is 9.86. The van der Waals surface area contributed by atoms with Gasteiger partial charge in [0.05, 0.1) is 14.2 Å². The number of allylic oxidation sites excluding steroid dienone is 2. The Balaban J connectivity index is 2.07. The number of aliphatic hydroxyl groups excluding tert-OH is 1. The SMILES string of the molecule is COC(=O)C1(C(=O)OC)C[C@H]2[C@@]3(C)[C@H](CCCO)[C@@H](C)CC[C@@H]3C=C[C@@]2(C)C1. The molecule has 2 saturated carbocycles. The highest BCUT2D eigenvalue weighted by molar-refractivity contribution is 6.00. The third-order valence-electron chi connectivity index (χ3n) is 8.53. The van der Waals surface area contributed by atoms with Crippen LogP contribution >= 0.6 is 0 Å². The Morgan fingerprint density at radius 3 is 2.36 bits per heavy atom. The van der Waals surface area contributed by atoms with Crippen LogP contribution in [0.3, 0.4) is 0 Å². The second kappa shape index (κ2) is 7.47. The van der Waals surface area contributed by atoms with Gasteiger partial charge in [-0.25, -0.2) is 0 Å².